The number of aryl methyl sites for hydroxylation is 1. The highest BCUT2D eigenvalue weighted by atomic mass is 79.9. The number of benzene rings is 1. The molecule has 4 rings (SSSR count). The number of thiophene rings is 2. The smallest absolute Gasteiger partial charge is 0.349 e. The Bertz CT molecular complexity index is 928. The summed E-state index contributed by atoms with van der Waals surface area (Å²) in [6.45, 7) is 2.96. The van der Waals surface area contributed by atoms with Crippen LogP contribution in [0.5, 0.6) is 0 Å². The molecule has 0 bridgehead atoms. The van der Waals surface area contributed by atoms with Gasteiger partial charge in [0.25, 0.3) is 0 Å². The van der Waals surface area contributed by atoms with Crippen molar-refractivity contribution in [3.8, 4) is 0 Å². The molecule has 3 aromatic rings. The van der Waals surface area contributed by atoms with Gasteiger partial charge in [-0.1, -0.05) is 42.5 Å². The number of nitrogens with zero attached hydrogens (tertiary/aromatic N) is 1. The summed E-state index contributed by atoms with van der Waals surface area (Å²) in [6.07, 6.45) is 3.87. The number of carbonyl (C=O) groups excluding carboxylic acids is 1. The lowest BCUT2D eigenvalue weighted by molar-refractivity contribution is -0.917. The number of piperidine rings is 1. The van der Waals surface area contributed by atoms with E-state index in [1.165, 1.54) is 28.2 Å². The van der Waals surface area contributed by atoms with E-state index in [0.29, 0.717) is 9.75 Å². The van der Waals surface area contributed by atoms with Gasteiger partial charge >= 0.3 is 5.97 Å². The topological polar surface area (TPSA) is 46.5 Å². The number of ether oxygens (including phenoxy) is 1. The first-order valence-electron chi connectivity index (χ1n) is 10.9. The predicted octanol–water partition coefficient (Wildman–Crippen LogP) is 1.83. The first kappa shape index (κ1) is 25.1. The Balaban J connectivity index is 0.00000289. The number of halogens is 1. The van der Waals surface area contributed by atoms with Gasteiger partial charge in [-0.15, -0.1) is 22.7 Å². The Morgan fingerprint density at radius 3 is 2.34 bits per heavy atom. The van der Waals surface area contributed by atoms with Crippen molar-refractivity contribution in [1.29, 1.82) is 0 Å². The monoisotopic (exact) mass is 535 g/mol. The van der Waals surface area contributed by atoms with Crippen molar-refractivity contribution in [2.24, 2.45) is 0 Å². The Morgan fingerprint density at radius 1 is 1.09 bits per heavy atom. The van der Waals surface area contributed by atoms with Crippen molar-refractivity contribution in [3.05, 3.63) is 80.7 Å². The number of likely N-dealkylation sites (N-methyl/N-ethyl adjacent to an activating group) is 1. The first-order valence-corrected chi connectivity index (χ1v) is 12.6. The van der Waals surface area contributed by atoms with Crippen LogP contribution in [-0.2, 0) is 21.6 Å². The summed E-state index contributed by atoms with van der Waals surface area (Å²) in [4.78, 5) is 14.5. The molecule has 3 heterocycles. The van der Waals surface area contributed by atoms with Crippen LogP contribution in [0.15, 0.2) is 65.4 Å². The fourth-order valence-corrected chi connectivity index (χ4v) is 6.23. The molecule has 0 unspecified atom stereocenters. The van der Waals surface area contributed by atoms with E-state index in [9.17, 15) is 9.90 Å². The van der Waals surface area contributed by atoms with Gasteiger partial charge in [-0.3, -0.25) is 0 Å². The molecule has 0 amide bonds. The number of likely N-dealkylation sites (tertiary alicyclic amines) is 1. The Hall–Kier alpha value is -1.51. The highest BCUT2D eigenvalue weighted by Crippen LogP contribution is 2.37. The quantitative estimate of drug-likeness (QED) is 0.353. The molecule has 0 saturated carbocycles. The third-order valence-electron chi connectivity index (χ3n) is 6.20. The minimum atomic E-state index is -1.73. The van der Waals surface area contributed by atoms with E-state index in [0.717, 1.165) is 49.8 Å². The maximum atomic E-state index is 13.3. The van der Waals surface area contributed by atoms with Crippen LogP contribution < -0.4 is 17.0 Å². The SMILES string of the molecule is C[N@@+]1(CCCc2ccccc2)CCC[C@@H](OC(=O)C(O)(c2cccs2)c2cccs2)C1.[Br-]. The molecule has 2 aromatic heterocycles. The van der Waals surface area contributed by atoms with E-state index in [4.69, 9.17) is 4.74 Å². The molecule has 1 fully saturated rings. The molecular weight excluding hydrogens is 506 g/mol. The zero-order valence-electron chi connectivity index (χ0n) is 18.3. The average molecular weight is 537 g/mol. The van der Waals surface area contributed by atoms with E-state index in [1.54, 1.807) is 12.1 Å². The second-order valence-electron chi connectivity index (χ2n) is 8.67. The number of esters is 1. The van der Waals surface area contributed by atoms with E-state index in [2.05, 4.69) is 37.4 Å². The van der Waals surface area contributed by atoms with Gasteiger partial charge in [0, 0.05) is 12.8 Å². The lowest BCUT2D eigenvalue weighted by atomic mass is 9.99. The summed E-state index contributed by atoms with van der Waals surface area (Å²) < 4.78 is 6.88. The van der Waals surface area contributed by atoms with Gasteiger partial charge in [0.2, 0.25) is 5.60 Å². The molecule has 1 N–H and O–H groups in total. The van der Waals surface area contributed by atoms with Crippen molar-refractivity contribution in [3.63, 3.8) is 0 Å². The fourth-order valence-electron chi connectivity index (χ4n) is 4.51. The fraction of sp³-hybridized carbons (Fsp3) is 0.400. The number of carbonyl (C=O) groups is 1. The molecule has 172 valence electrons. The van der Waals surface area contributed by atoms with Gasteiger partial charge < -0.3 is 31.3 Å². The molecule has 1 saturated heterocycles. The molecule has 32 heavy (non-hydrogen) atoms. The van der Waals surface area contributed by atoms with Crippen LogP contribution >= 0.6 is 22.7 Å². The molecule has 0 radical (unpaired) electrons. The van der Waals surface area contributed by atoms with Crippen LogP contribution in [0.1, 0.15) is 34.6 Å². The number of aliphatic hydroxyl groups is 1. The second-order valence-corrected chi connectivity index (χ2v) is 10.6. The first-order chi connectivity index (χ1) is 15.0. The van der Waals surface area contributed by atoms with Crippen molar-refractivity contribution in [2.75, 3.05) is 26.7 Å². The molecule has 1 aromatic carbocycles. The van der Waals surface area contributed by atoms with Crippen molar-refractivity contribution < 1.29 is 36.1 Å². The maximum absolute atomic E-state index is 13.3. The zero-order valence-corrected chi connectivity index (χ0v) is 21.5. The molecule has 2 atom stereocenters. The number of rotatable bonds is 8. The average Bonchev–Trinajstić information content (AvgIpc) is 3.49. The van der Waals surface area contributed by atoms with Crippen LogP contribution in [-0.4, -0.2) is 48.3 Å². The summed E-state index contributed by atoms with van der Waals surface area (Å²) >= 11 is 2.76. The van der Waals surface area contributed by atoms with Crippen LogP contribution in [0.25, 0.3) is 0 Å². The summed E-state index contributed by atoms with van der Waals surface area (Å²) in [7, 11) is 2.26. The van der Waals surface area contributed by atoms with Gasteiger partial charge in [0.05, 0.1) is 29.9 Å². The van der Waals surface area contributed by atoms with Gasteiger partial charge in [-0.05, 0) is 41.3 Å². The molecule has 0 spiro atoms. The van der Waals surface area contributed by atoms with Crippen LogP contribution in [0.4, 0.5) is 0 Å². The minimum absolute atomic E-state index is 0. The predicted molar refractivity (Wildman–Crippen MR) is 126 cm³/mol. The maximum Gasteiger partial charge on any atom is 0.349 e. The lowest BCUT2D eigenvalue weighted by Gasteiger charge is -2.41. The normalized spacial score (nSPS) is 21.0. The van der Waals surface area contributed by atoms with Crippen molar-refractivity contribution in [1.82, 2.24) is 0 Å². The van der Waals surface area contributed by atoms with Gasteiger partial charge in [-0.25, -0.2) is 4.79 Å². The minimum Gasteiger partial charge on any atom is -1.00 e. The highest BCUT2D eigenvalue weighted by molar-refractivity contribution is 7.12. The third-order valence-corrected chi connectivity index (χ3v) is 8.16. The Morgan fingerprint density at radius 2 is 1.75 bits per heavy atom. The van der Waals surface area contributed by atoms with Crippen LogP contribution in [0.2, 0.25) is 0 Å². The van der Waals surface area contributed by atoms with E-state index >= 15 is 0 Å². The van der Waals surface area contributed by atoms with Gasteiger partial charge in [-0.2, -0.15) is 0 Å². The molecule has 7 heteroatoms. The van der Waals surface area contributed by atoms with Gasteiger partial charge in [0.15, 0.2) is 6.10 Å². The van der Waals surface area contributed by atoms with Gasteiger partial charge in [0.1, 0.15) is 6.54 Å². The Kier molecular flexibility index (Phi) is 8.69. The molecule has 1 aliphatic heterocycles. The molecular formula is C25H30BrNO3S2. The largest absolute Gasteiger partial charge is 1.00 e. The van der Waals surface area contributed by atoms with Crippen molar-refractivity contribution >= 4 is 28.6 Å². The number of quaternary nitrogens is 1. The Labute approximate surface area is 208 Å². The number of hydrogen-bond donors (Lipinski definition) is 1. The summed E-state index contributed by atoms with van der Waals surface area (Å²) in [5.41, 5.74) is -0.359. The van der Waals surface area contributed by atoms with Crippen LogP contribution in [0, 0.1) is 0 Å². The third kappa shape index (κ3) is 5.69. The summed E-state index contributed by atoms with van der Waals surface area (Å²) in [5, 5.41) is 15.2. The highest BCUT2D eigenvalue weighted by Gasteiger charge is 2.46. The molecule has 1 aliphatic rings. The standard InChI is InChI=1S/C25H30NO3S2.BrH/c1-26(15-5-11-20-9-3-2-4-10-20)16-6-12-21(19-26)29-24(27)25(28,22-13-7-17-30-22)23-14-8-18-31-23;/h2-4,7-10,13-14,17-18,21,28H,5-6,11-12,15-16,19H2,1H3;1H/q+1;/p-1/t21-,26-;/m1./s1. The summed E-state index contributed by atoms with van der Waals surface area (Å²) in [6, 6.07) is 17.9. The van der Waals surface area contributed by atoms with E-state index in [-0.39, 0.29) is 23.1 Å². The zero-order chi connectivity index (χ0) is 21.7. The molecule has 0 aliphatic carbocycles. The number of hydrogen-bond acceptors (Lipinski definition) is 5. The lowest BCUT2D eigenvalue weighted by Crippen LogP contribution is -3.00. The van der Waals surface area contributed by atoms with Crippen molar-refractivity contribution in [2.45, 2.75) is 37.4 Å². The van der Waals surface area contributed by atoms with E-state index in [1.807, 2.05) is 22.9 Å². The van der Waals surface area contributed by atoms with Crippen LogP contribution in [0.3, 0.4) is 0 Å². The molecule has 4 nitrogen and oxygen atoms in total. The summed E-state index contributed by atoms with van der Waals surface area (Å²) in [5.74, 6) is -0.555. The second kappa shape index (κ2) is 11.1. The van der Waals surface area contributed by atoms with E-state index < -0.39 is 11.6 Å².